The minimum Gasteiger partial charge on any atom is -0.507 e. The summed E-state index contributed by atoms with van der Waals surface area (Å²) in [4.78, 5) is 27.5. The van der Waals surface area contributed by atoms with Gasteiger partial charge in [-0.25, -0.2) is 4.79 Å². The van der Waals surface area contributed by atoms with Gasteiger partial charge >= 0.3 is 13.1 Å². The van der Waals surface area contributed by atoms with Crippen molar-refractivity contribution in [2.24, 2.45) is 0 Å². The summed E-state index contributed by atoms with van der Waals surface area (Å²) in [5.41, 5.74) is -0.00530. The summed E-state index contributed by atoms with van der Waals surface area (Å²) < 4.78 is 5.83. The highest BCUT2D eigenvalue weighted by Crippen LogP contribution is 2.34. The number of hydrogen-bond donors (Lipinski definition) is 5. The summed E-state index contributed by atoms with van der Waals surface area (Å²) in [5, 5.41) is 41.1. The first-order valence-electron chi connectivity index (χ1n) is 9.97. The van der Waals surface area contributed by atoms with Crippen molar-refractivity contribution >= 4 is 19.0 Å². The van der Waals surface area contributed by atoms with Crippen LogP contribution in [0.4, 0.5) is 0 Å². The van der Waals surface area contributed by atoms with Gasteiger partial charge in [0.1, 0.15) is 23.2 Å². The SMILES string of the molecule is CN(C)C(=O)[C@@H]1C[C@@H](N2CC(Oc3ccc(CCB(O)O)c(O)c3C(=O)O)C2)CN1. The molecule has 2 heterocycles. The largest absolute Gasteiger partial charge is 0.507 e. The molecule has 30 heavy (non-hydrogen) atoms. The van der Waals surface area contributed by atoms with Crippen molar-refractivity contribution in [1.82, 2.24) is 15.1 Å². The van der Waals surface area contributed by atoms with Gasteiger partial charge in [0.05, 0.1) is 6.04 Å². The molecule has 2 fully saturated rings. The van der Waals surface area contributed by atoms with Crippen LogP contribution in [-0.2, 0) is 11.2 Å². The van der Waals surface area contributed by atoms with E-state index in [1.54, 1.807) is 19.0 Å². The van der Waals surface area contributed by atoms with Crippen LogP contribution >= 0.6 is 0 Å². The van der Waals surface area contributed by atoms with E-state index in [4.69, 9.17) is 14.8 Å². The second kappa shape index (κ2) is 9.21. The van der Waals surface area contributed by atoms with Crippen molar-refractivity contribution in [2.45, 2.75) is 37.3 Å². The van der Waals surface area contributed by atoms with Gasteiger partial charge in [0.25, 0.3) is 0 Å². The fraction of sp³-hybridized carbons (Fsp3) is 0.579. The Hall–Kier alpha value is -2.34. The van der Waals surface area contributed by atoms with E-state index in [0.29, 0.717) is 25.2 Å². The van der Waals surface area contributed by atoms with Crippen LogP contribution in [0, 0.1) is 0 Å². The van der Waals surface area contributed by atoms with Gasteiger partial charge in [-0.1, -0.05) is 6.07 Å². The molecule has 0 aliphatic carbocycles. The van der Waals surface area contributed by atoms with Gasteiger partial charge in [-0.15, -0.1) is 0 Å². The molecule has 2 aliphatic heterocycles. The quantitative estimate of drug-likeness (QED) is 0.334. The highest BCUT2D eigenvalue weighted by atomic mass is 16.5. The van der Waals surface area contributed by atoms with Crippen LogP contribution in [-0.4, -0.2) is 101 Å². The minimum atomic E-state index is -1.53. The van der Waals surface area contributed by atoms with Crippen LogP contribution < -0.4 is 10.1 Å². The molecule has 0 aromatic heterocycles. The molecule has 10 nitrogen and oxygen atoms in total. The number of aryl methyl sites for hydroxylation is 1. The van der Waals surface area contributed by atoms with E-state index < -0.39 is 18.8 Å². The van der Waals surface area contributed by atoms with E-state index in [2.05, 4.69) is 10.2 Å². The summed E-state index contributed by atoms with van der Waals surface area (Å²) in [5.74, 6) is -1.58. The Bertz CT molecular complexity index is 799. The van der Waals surface area contributed by atoms with Crippen molar-refractivity contribution in [3.8, 4) is 11.5 Å². The maximum Gasteiger partial charge on any atom is 0.451 e. The zero-order chi connectivity index (χ0) is 22.0. The standard InChI is InChI=1S/C19H28BN3O7/c1-22(2)18(25)14-7-12(8-21-14)23-9-13(10-23)30-15-4-3-11(5-6-20(28)29)17(24)16(15)19(26)27/h3-4,12-14,21,24,28-29H,5-10H2,1-2H3,(H,26,27)/t12-,14+/m1/s1. The van der Waals surface area contributed by atoms with Crippen molar-refractivity contribution in [1.29, 1.82) is 0 Å². The van der Waals surface area contributed by atoms with Crippen molar-refractivity contribution in [3.05, 3.63) is 23.3 Å². The number of benzene rings is 1. The zero-order valence-corrected chi connectivity index (χ0v) is 17.1. The van der Waals surface area contributed by atoms with E-state index in [0.717, 1.165) is 6.42 Å². The third kappa shape index (κ3) is 4.86. The minimum absolute atomic E-state index is 0.0167. The lowest BCUT2D eigenvalue weighted by Crippen LogP contribution is -2.58. The van der Waals surface area contributed by atoms with Gasteiger partial charge in [-0.2, -0.15) is 0 Å². The zero-order valence-electron chi connectivity index (χ0n) is 17.1. The first kappa shape index (κ1) is 22.4. The van der Waals surface area contributed by atoms with Crippen molar-refractivity contribution < 1.29 is 34.6 Å². The van der Waals surface area contributed by atoms with Gasteiger partial charge < -0.3 is 35.2 Å². The molecule has 0 unspecified atom stereocenters. The van der Waals surface area contributed by atoms with Crippen LogP contribution in [0.2, 0.25) is 6.32 Å². The molecule has 3 rings (SSSR count). The summed E-state index contributed by atoms with van der Waals surface area (Å²) in [6.07, 6.45) is 0.618. The third-order valence-electron chi connectivity index (χ3n) is 5.64. The fourth-order valence-electron chi connectivity index (χ4n) is 3.92. The molecule has 11 heteroatoms. The second-order valence-electron chi connectivity index (χ2n) is 8.05. The summed E-state index contributed by atoms with van der Waals surface area (Å²) in [6, 6.07) is 3.06. The number of nitrogens with one attached hydrogen (secondary N) is 1. The van der Waals surface area contributed by atoms with Gasteiger partial charge in [0, 0.05) is 39.8 Å². The fourth-order valence-corrected chi connectivity index (χ4v) is 3.92. The Labute approximate surface area is 175 Å². The van der Waals surface area contributed by atoms with Crippen LogP contribution in [0.3, 0.4) is 0 Å². The molecule has 0 spiro atoms. The molecule has 164 valence electrons. The first-order valence-corrected chi connectivity index (χ1v) is 9.97. The monoisotopic (exact) mass is 421 g/mol. The highest BCUT2D eigenvalue weighted by Gasteiger charge is 2.40. The van der Waals surface area contributed by atoms with Crippen LogP contribution in [0.15, 0.2) is 12.1 Å². The normalized spacial score (nSPS) is 21.9. The molecular formula is C19H28BN3O7. The maximum absolute atomic E-state index is 12.1. The number of carboxylic acids is 1. The van der Waals surface area contributed by atoms with Crippen LogP contribution in [0.5, 0.6) is 11.5 Å². The Kier molecular flexibility index (Phi) is 6.86. The molecule has 5 N–H and O–H groups in total. The summed E-state index contributed by atoms with van der Waals surface area (Å²) in [6.45, 7) is 1.92. The lowest BCUT2D eigenvalue weighted by Gasteiger charge is -2.42. The first-order chi connectivity index (χ1) is 14.2. The smallest absolute Gasteiger partial charge is 0.451 e. The molecule has 0 bridgehead atoms. The number of phenols is 1. The molecule has 1 aromatic rings. The van der Waals surface area contributed by atoms with E-state index in [-0.39, 0.29) is 48.1 Å². The molecule has 1 amide bonds. The van der Waals surface area contributed by atoms with Crippen molar-refractivity contribution in [2.75, 3.05) is 33.7 Å². The number of rotatable bonds is 8. The molecular weight excluding hydrogens is 393 g/mol. The number of carbonyl (C=O) groups is 2. The van der Waals surface area contributed by atoms with Crippen LogP contribution in [0.25, 0.3) is 0 Å². The predicted molar refractivity (Wildman–Crippen MR) is 109 cm³/mol. The molecule has 2 saturated heterocycles. The topological polar surface area (TPSA) is 143 Å². The number of aromatic hydroxyl groups is 1. The number of likely N-dealkylation sites (tertiary alicyclic amines) is 1. The lowest BCUT2D eigenvalue weighted by molar-refractivity contribution is -0.130. The summed E-state index contributed by atoms with van der Waals surface area (Å²) >= 11 is 0. The average molecular weight is 421 g/mol. The van der Waals surface area contributed by atoms with Gasteiger partial charge in [-0.05, 0) is 30.8 Å². The molecule has 1 aromatic carbocycles. The van der Waals surface area contributed by atoms with Gasteiger partial charge in [0.2, 0.25) is 5.91 Å². The molecule has 2 atom stereocenters. The number of nitrogens with zero attached hydrogens (tertiary/aromatic N) is 2. The molecule has 2 aliphatic rings. The van der Waals surface area contributed by atoms with E-state index in [1.165, 1.54) is 12.1 Å². The molecule has 0 saturated carbocycles. The van der Waals surface area contributed by atoms with Crippen LogP contribution in [0.1, 0.15) is 22.3 Å². The van der Waals surface area contributed by atoms with E-state index >= 15 is 0 Å². The third-order valence-corrected chi connectivity index (χ3v) is 5.64. The number of carbonyl (C=O) groups excluding carboxylic acids is 1. The predicted octanol–water partition coefficient (Wildman–Crippen LogP) is -1.01. The van der Waals surface area contributed by atoms with Crippen molar-refractivity contribution in [3.63, 3.8) is 0 Å². The Balaban J connectivity index is 1.58. The lowest BCUT2D eigenvalue weighted by atomic mass is 9.82. The Morgan fingerprint density at radius 3 is 2.60 bits per heavy atom. The number of hydrogen-bond acceptors (Lipinski definition) is 8. The Morgan fingerprint density at radius 2 is 2.00 bits per heavy atom. The summed E-state index contributed by atoms with van der Waals surface area (Å²) in [7, 11) is 1.93. The van der Waals surface area contributed by atoms with E-state index in [1.807, 2.05) is 0 Å². The van der Waals surface area contributed by atoms with E-state index in [9.17, 15) is 19.8 Å². The van der Waals surface area contributed by atoms with Gasteiger partial charge in [-0.3, -0.25) is 9.69 Å². The number of aromatic carboxylic acids is 1. The Morgan fingerprint density at radius 1 is 1.30 bits per heavy atom. The number of carboxylic acid groups (broad SMARTS) is 1. The average Bonchev–Trinajstić information content (AvgIpc) is 3.11. The number of amides is 1. The highest BCUT2D eigenvalue weighted by molar-refractivity contribution is 6.41. The molecule has 0 radical (unpaired) electrons. The number of ether oxygens (including phenoxy) is 1. The second-order valence-corrected chi connectivity index (χ2v) is 8.05. The number of likely N-dealkylation sites (N-methyl/N-ethyl adjacent to an activating group) is 1. The maximum atomic E-state index is 12.1. The van der Waals surface area contributed by atoms with Gasteiger partial charge in [0.15, 0.2) is 0 Å².